The fraction of sp³-hybridized carbons (Fsp3) is 0.391. The quantitative estimate of drug-likeness (QED) is 0.469. The number of anilines is 4. The number of hydrogen-bond donors (Lipinski definition) is 3. The normalized spacial score (nSPS) is 21.3. The molecule has 3 aromatic rings. The molecule has 0 radical (unpaired) electrons. The Kier molecular flexibility index (Phi) is 5.48. The molecule has 182 valence electrons. The molecule has 1 aliphatic carbocycles. The minimum atomic E-state index is -0.165. The minimum absolute atomic E-state index is 0.0315. The van der Waals surface area contributed by atoms with E-state index in [1.807, 2.05) is 0 Å². The van der Waals surface area contributed by atoms with Gasteiger partial charge in [0.25, 0.3) is 0 Å². The van der Waals surface area contributed by atoms with Crippen LogP contribution in [0.15, 0.2) is 18.3 Å². The van der Waals surface area contributed by atoms with Crippen LogP contribution in [-0.2, 0) is 9.53 Å². The van der Waals surface area contributed by atoms with Gasteiger partial charge < -0.3 is 25.6 Å². The first-order valence-corrected chi connectivity index (χ1v) is 12.0. The first-order valence-electron chi connectivity index (χ1n) is 11.6. The first kappa shape index (κ1) is 22.3. The third-order valence-corrected chi connectivity index (χ3v) is 6.90. The van der Waals surface area contributed by atoms with Crippen LogP contribution in [0.4, 0.5) is 23.1 Å². The zero-order chi connectivity index (χ0) is 24.8. The largest absolute Gasteiger partial charge is 0.367 e. The number of rotatable bonds is 5. The number of nitriles is 2. The maximum Gasteiger partial charge on any atom is 0.247 e. The summed E-state index contributed by atoms with van der Waals surface area (Å²) in [4.78, 5) is 22.6. The SMILES string of the molecule is N#Cc1cc(Nc2nc(NC3CC3)c3ncc(C#N)n3n2)c(Cl)c(N2CC[C@H]3NC(=O)CO[C@@H]3C2)c1. The number of nitrogens with zero attached hydrogens (tertiary/aromatic N) is 7. The molecule has 3 aliphatic rings. The van der Waals surface area contributed by atoms with Gasteiger partial charge in [0.05, 0.1) is 46.4 Å². The molecule has 13 heteroatoms. The highest BCUT2D eigenvalue weighted by Gasteiger charge is 2.35. The number of nitrogens with one attached hydrogen (secondary N) is 3. The highest BCUT2D eigenvalue weighted by atomic mass is 35.5. The predicted molar refractivity (Wildman–Crippen MR) is 130 cm³/mol. The highest BCUT2D eigenvalue weighted by Crippen LogP contribution is 2.38. The number of aromatic nitrogens is 4. The Bertz CT molecular complexity index is 1450. The van der Waals surface area contributed by atoms with Gasteiger partial charge in [-0.15, -0.1) is 5.10 Å². The summed E-state index contributed by atoms with van der Waals surface area (Å²) in [6.45, 7) is 1.19. The van der Waals surface area contributed by atoms with E-state index in [0.717, 1.165) is 12.8 Å². The van der Waals surface area contributed by atoms with Gasteiger partial charge in [0.1, 0.15) is 12.7 Å². The van der Waals surface area contributed by atoms with Gasteiger partial charge >= 0.3 is 0 Å². The molecular weight excluding hydrogens is 484 g/mol. The maximum atomic E-state index is 11.7. The van der Waals surface area contributed by atoms with E-state index >= 15 is 0 Å². The Labute approximate surface area is 210 Å². The minimum Gasteiger partial charge on any atom is -0.367 e. The monoisotopic (exact) mass is 504 g/mol. The van der Waals surface area contributed by atoms with Crippen LogP contribution >= 0.6 is 11.6 Å². The molecule has 0 bridgehead atoms. The number of morpholine rings is 1. The van der Waals surface area contributed by atoms with Crippen LogP contribution in [0.2, 0.25) is 5.02 Å². The van der Waals surface area contributed by atoms with E-state index in [1.54, 1.807) is 12.1 Å². The third-order valence-electron chi connectivity index (χ3n) is 6.50. The van der Waals surface area contributed by atoms with Crippen LogP contribution in [0.5, 0.6) is 0 Å². The van der Waals surface area contributed by atoms with E-state index in [2.05, 4.69) is 48.1 Å². The molecule has 0 unspecified atom stereocenters. The fourth-order valence-electron chi connectivity index (χ4n) is 4.54. The fourth-order valence-corrected chi connectivity index (χ4v) is 4.82. The number of carbonyl (C=O) groups is 1. The van der Waals surface area contributed by atoms with Crippen molar-refractivity contribution in [2.45, 2.75) is 37.5 Å². The van der Waals surface area contributed by atoms with Gasteiger partial charge in [0, 0.05) is 19.1 Å². The molecule has 1 aromatic carbocycles. The summed E-state index contributed by atoms with van der Waals surface area (Å²) in [7, 11) is 0. The topological polar surface area (TPSA) is 156 Å². The second-order valence-electron chi connectivity index (χ2n) is 9.05. The average molecular weight is 505 g/mol. The Hall–Kier alpha value is -4.13. The number of piperidine rings is 1. The summed E-state index contributed by atoms with van der Waals surface area (Å²) >= 11 is 6.84. The Morgan fingerprint density at radius 3 is 2.86 bits per heavy atom. The van der Waals surface area contributed by atoms with Crippen molar-refractivity contribution < 1.29 is 9.53 Å². The molecular formula is C23H21ClN10O2. The number of hydrogen-bond acceptors (Lipinski definition) is 10. The lowest BCUT2D eigenvalue weighted by atomic mass is 9.99. The second-order valence-corrected chi connectivity index (χ2v) is 9.42. The number of ether oxygens (including phenoxy) is 1. The zero-order valence-corrected chi connectivity index (χ0v) is 19.8. The molecule has 1 amide bonds. The van der Waals surface area contributed by atoms with Crippen molar-refractivity contribution in [1.29, 1.82) is 10.5 Å². The van der Waals surface area contributed by atoms with Gasteiger partial charge in [-0.1, -0.05) is 11.6 Å². The summed E-state index contributed by atoms with van der Waals surface area (Å²) in [5.41, 5.74) is 2.28. The Morgan fingerprint density at radius 1 is 1.22 bits per heavy atom. The number of halogens is 1. The lowest BCUT2D eigenvalue weighted by Gasteiger charge is -2.42. The molecule has 2 aromatic heterocycles. The molecule has 3 fully saturated rings. The second kappa shape index (κ2) is 8.82. The molecule has 36 heavy (non-hydrogen) atoms. The van der Waals surface area contributed by atoms with Crippen LogP contribution in [-0.4, -0.2) is 63.4 Å². The Morgan fingerprint density at radius 2 is 2.08 bits per heavy atom. The van der Waals surface area contributed by atoms with Gasteiger partial charge in [0.2, 0.25) is 11.9 Å². The van der Waals surface area contributed by atoms with Crippen molar-refractivity contribution in [3.8, 4) is 12.1 Å². The van der Waals surface area contributed by atoms with Crippen molar-refractivity contribution in [2.75, 3.05) is 35.2 Å². The summed E-state index contributed by atoms with van der Waals surface area (Å²) in [6, 6.07) is 7.92. The molecule has 0 spiro atoms. The summed E-state index contributed by atoms with van der Waals surface area (Å²) in [5, 5.41) is 33.5. The third kappa shape index (κ3) is 4.11. The lowest BCUT2D eigenvalue weighted by Crippen LogP contribution is -2.59. The molecule has 3 N–H and O–H groups in total. The molecule has 2 atom stereocenters. The van der Waals surface area contributed by atoms with E-state index in [0.29, 0.717) is 59.0 Å². The van der Waals surface area contributed by atoms with Crippen LogP contribution in [0.3, 0.4) is 0 Å². The number of carbonyl (C=O) groups excluding carboxylic acids is 1. The standard InChI is InChI=1S/C23H21ClN10O2/c24-20-16(30-23-31-21(28-13-1-2-13)22-27-9-14(8-26)34(22)32-23)5-12(7-25)6-17(20)33-4-3-15-18(10-33)36-11-19(35)29-15/h5-6,9,13,15,18H,1-4,10-11H2,(H,29,35)(H2,28,30,31,32)/t15-,18-/m1/s1. The lowest BCUT2D eigenvalue weighted by molar-refractivity contribution is -0.137. The van der Waals surface area contributed by atoms with Crippen molar-refractivity contribution in [1.82, 2.24) is 24.9 Å². The molecule has 4 heterocycles. The summed E-state index contributed by atoms with van der Waals surface area (Å²) in [5.74, 6) is 0.619. The summed E-state index contributed by atoms with van der Waals surface area (Å²) in [6.07, 6.45) is 4.05. The number of benzene rings is 1. The van der Waals surface area contributed by atoms with E-state index < -0.39 is 0 Å². The molecule has 2 aliphatic heterocycles. The van der Waals surface area contributed by atoms with E-state index in [9.17, 15) is 15.3 Å². The van der Waals surface area contributed by atoms with Crippen LogP contribution in [0.1, 0.15) is 30.5 Å². The van der Waals surface area contributed by atoms with E-state index in [-0.39, 0.29) is 36.3 Å². The van der Waals surface area contributed by atoms with Gasteiger partial charge in [0.15, 0.2) is 17.2 Å². The number of amides is 1. The molecule has 12 nitrogen and oxygen atoms in total. The average Bonchev–Trinajstić information content (AvgIpc) is 3.60. The molecule has 6 rings (SSSR count). The van der Waals surface area contributed by atoms with E-state index in [1.165, 1.54) is 10.7 Å². The van der Waals surface area contributed by atoms with Crippen LogP contribution in [0.25, 0.3) is 5.65 Å². The van der Waals surface area contributed by atoms with Crippen LogP contribution in [0, 0.1) is 22.7 Å². The smallest absolute Gasteiger partial charge is 0.247 e. The van der Waals surface area contributed by atoms with Gasteiger partial charge in [-0.05, 0) is 31.4 Å². The number of imidazole rings is 1. The van der Waals surface area contributed by atoms with Gasteiger partial charge in [-0.3, -0.25) is 4.79 Å². The van der Waals surface area contributed by atoms with Crippen molar-refractivity contribution in [3.63, 3.8) is 0 Å². The summed E-state index contributed by atoms with van der Waals surface area (Å²) < 4.78 is 7.17. The van der Waals surface area contributed by atoms with E-state index in [4.69, 9.17) is 16.3 Å². The van der Waals surface area contributed by atoms with Gasteiger partial charge in [-0.25, -0.2) is 4.98 Å². The van der Waals surface area contributed by atoms with Crippen molar-refractivity contribution >= 4 is 46.3 Å². The zero-order valence-electron chi connectivity index (χ0n) is 19.0. The highest BCUT2D eigenvalue weighted by molar-refractivity contribution is 6.36. The van der Waals surface area contributed by atoms with Crippen LogP contribution < -0.4 is 20.9 Å². The number of fused-ring (bicyclic) bond motifs is 2. The molecule has 2 saturated heterocycles. The molecule has 1 saturated carbocycles. The Balaban J connectivity index is 1.34. The van der Waals surface area contributed by atoms with Gasteiger partial charge in [-0.2, -0.15) is 20.0 Å². The predicted octanol–water partition coefficient (Wildman–Crippen LogP) is 1.93. The van der Waals surface area contributed by atoms with Crippen molar-refractivity contribution in [2.24, 2.45) is 0 Å². The van der Waals surface area contributed by atoms with Crippen molar-refractivity contribution in [3.05, 3.63) is 34.6 Å². The maximum absolute atomic E-state index is 11.7. The first-order chi connectivity index (χ1) is 17.5.